The lowest BCUT2D eigenvalue weighted by Gasteiger charge is -2.43. The van der Waals surface area contributed by atoms with E-state index in [1.54, 1.807) is 0 Å². The molecule has 14 nitrogen and oxygen atoms in total. The number of hydrogen-bond donors (Lipinski definition) is 0. The highest BCUT2D eigenvalue weighted by molar-refractivity contribution is 4.89. The van der Waals surface area contributed by atoms with Gasteiger partial charge in [0.1, 0.15) is 75.9 Å². The highest BCUT2D eigenvalue weighted by Crippen LogP contribution is 2.37. The lowest BCUT2D eigenvalue weighted by Crippen LogP contribution is -2.58. The molecule has 93 heavy (non-hydrogen) atoms. The van der Waals surface area contributed by atoms with Gasteiger partial charge in [0.2, 0.25) is 0 Å². The standard InChI is InChI=1S/3C12H27N2.3C11H25N2.C10H23N2/c1-7-14(8-2)9-12(5,6)13(10-14)11(3)4;1-7-14(8-2)10-13(11(3)4)9-12(14,5)6;1-7-14(8-2)9-13(10(3)4)11(5)12(14)6;1-6-12-10-13(7-2,8-3)9-11(12,4)5;1-6-12-9-11(4,5)13(7-2,8-3)10-12;1-6-12-9-13(7-2,8-3)11(5)10(12)4;1-6-12(7-2)8-11(5)9(3)10(12)4/h2*11H,7-10H2,1-6H3;10-12H,7-9H2,1-6H3;2*6-10H2,1-5H3;10-11H,6-9H2,1-5H3;9-10H,6-8H2,1-5H3/q7*+1. The fourth-order valence-corrected chi connectivity index (χ4v) is 19.6. The summed E-state index contributed by atoms with van der Waals surface area (Å²) in [5.74, 6) is 0. The van der Waals surface area contributed by atoms with Crippen molar-refractivity contribution in [2.24, 2.45) is 0 Å². The average molecular weight is 1330 g/mol. The van der Waals surface area contributed by atoms with E-state index in [0.717, 1.165) is 36.3 Å². The third-order valence-corrected chi connectivity index (χ3v) is 28.7. The predicted molar refractivity (Wildman–Crippen MR) is 412 cm³/mol. The van der Waals surface area contributed by atoms with Crippen LogP contribution in [0.1, 0.15) is 256 Å². The Bertz CT molecular complexity index is 2020. The average Bonchev–Trinajstić information content (AvgIpc) is 1.68. The van der Waals surface area contributed by atoms with E-state index in [1.807, 2.05) is 0 Å². The molecule has 0 bridgehead atoms. The van der Waals surface area contributed by atoms with Crippen molar-refractivity contribution in [1.29, 1.82) is 0 Å². The van der Waals surface area contributed by atoms with Gasteiger partial charge in [0, 0.05) is 37.8 Å². The van der Waals surface area contributed by atoms with Gasteiger partial charge >= 0.3 is 0 Å². The van der Waals surface area contributed by atoms with E-state index >= 15 is 0 Å². The molecule has 0 N–H and O–H groups in total. The molecule has 7 aliphatic heterocycles. The number of likely N-dealkylation sites (N-methyl/N-ethyl adjacent to an activating group) is 11. The van der Waals surface area contributed by atoms with Crippen LogP contribution in [0.5, 0.6) is 0 Å². The maximum absolute atomic E-state index is 2.65. The minimum atomic E-state index is 0.375. The first-order chi connectivity index (χ1) is 42.9. The van der Waals surface area contributed by atoms with E-state index in [9.17, 15) is 0 Å². The molecule has 0 amide bonds. The fraction of sp³-hybridized carbons (Fsp3) is 1.00. The molecule has 0 aromatic carbocycles. The first-order valence-electron chi connectivity index (χ1n) is 40.1. The lowest BCUT2D eigenvalue weighted by molar-refractivity contribution is -0.959. The summed E-state index contributed by atoms with van der Waals surface area (Å²) in [5.41, 5.74) is 1.65. The van der Waals surface area contributed by atoms with Crippen LogP contribution in [0.15, 0.2) is 0 Å². The molecule has 0 aliphatic carbocycles. The van der Waals surface area contributed by atoms with Crippen molar-refractivity contribution in [3.63, 3.8) is 0 Å². The molecule has 7 fully saturated rings. The van der Waals surface area contributed by atoms with Crippen molar-refractivity contribution in [2.75, 3.05) is 191 Å². The van der Waals surface area contributed by atoms with Crippen LogP contribution in [-0.4, -0.2) is 333 Å². The molecule has 0 aromatic rings. The van der Waals surface area contributed by atoms with Gasteiger partial charge in [-0.15, -0.1) is 0 Å². The van der Waals surface area contributed by atoms with Gasteiger partial charge in [-0.05, 0) is 242 Å². The lowest BCUT2D eigenvalue weighted by atomic mass is 10.0. The summed E-state index contributed by atoms with van der Waals surface area (Å²) in [6.45, 7) is 122. The molecule has 6 unspecified atom stereocenters. The highest BCUT2D eigenvalue weighted by Gasteiger charge is 2.53. The normalized spacial score (nSPS) is 29.5. The zero-order valence-corrected chi connectivity index (χ0v) is 71.3. The maximum atomic E-state index is 2.65. The number of hydrogen-bond acceptors (Lipinski definition) is 7. The summed E-state index contributed by atoms with van der Waals surface area (Å²) in [5, 5.41) is 0. The van der Waals surface area contributed by atoms with Crippen LogP contribution in [0.25, 0.3) is 0 Å². The third-order valence-electron chi connectivity index (χ3n) is 28.7. The Balaban J connectivity index is 0.000000543. The Morgan fingerprint density at radius 1 is 0.355 bits per heavy atom. The van der Waals surface area contributed by atoms with Gasteiger partial charge in [0.25, 0.3) is 0 Å². The van der Waals surface area contributed by atoms with Gasteiger partial charge in [0.15, 0.2) is 0 Å². The van der Waals surface area contributed by atoms with Gasteiger partial charge in [-0.3, -0.25) is 9.80 Å². The molecule has 0 radical (unpaired) electrons. The molecule has 0 saturated carbocycles. The Labute approximate surface area is 586 Å². The third kappa shape index (κ3) is 20.6. The second-order valence-electron chi connectivity index (χ2n) is 34.7. The number of quaternary nitrogens is 7. The monoisotopic (exact) mass is 1320 g/mol. The Morgan fingerprint density at radius 2 is 0.742 bits per heavy atom. The highest BCUT2D eigenvalue weighted by atomic mass is 15.6. The van der Waals surface area contributed by atoms with Gasteiger partial charge in [0.05, 0.1) is 147 Å². The zero-order chi connectivity index (χ0) is 72.5. The predicted octanol–water partition coefficient (Wildman–Crippen LogP) is 14.2. The Morgan fingerprint density at radius 3 is 0.957 bits per heavy atom. The molecule has 6 atom stereocenters. The van der Waals surface area contributed by atoms with Crippen LogP contribution in [0.2, 0.25) is 0 Å². The fourth-order valence-electron chi connectivity index (χ4n) is 19.6. The molecule has 558 valence electrons. The largest absolute Gasteiger partial charge is 0.310 e. The van der Waals surface area contributed by atoms with Crippen LogP contribution in [0.4, 0.5) is 0 Å². The van der Waals surface area contributed by atoms with Gasteiger partial charge in [-0.1, -0.05) is 20.8 Å². The van der Waals surface area contributed by atoms with Gasteiger partial charge in [-0.25, -0.2) is 24.5 Å². The quantitative estimate of drug-likeness (QED) is 0.112. The second-order valence-corrected chi connectivity index (χ2v) is 34.7. The zero-order valence-electron chi connectivity index (χ0n) is 71.3. The van der Waals surface area contributed by atoms with E-state index in [1.165, 1.54) is 216 Å². The molecule has 14 heteroatoms. The Hall–Kier alpha value is -0.560. The minimum absolute atomic E-state index is 0.375. The van der Waals surface area contributed by atoms with E-state index in [0.29, 0.717) is 40.3 Å². The maximum Gasteiger partial charge on any atom is 0.135 e. The van der Waals surface area contributed by atoms with Crippen molar-refractivity contribution >= 4 is 0 Å². The number of nitrogens with zero attached hydrogens (tertiary/aromatic N) is 14. The van der Waals surface area contributed by atoms with E-state index < -0.39 is 0 Å². The van der Waals surface area contributed by atoms with Crippen LogP contribution < -0.4 is 0 Å². The molecule has 7 heterocycles. The van der Waals surface area contributed by atoms with Crippen molar-refractivity contribution in [3.8, 4) is 0 Å². The van der Waals surface area contributed by atoms with E-state index in [-0.39, 0.29) is 0 Å². The summed E-state index contributed by atoms with van der Waals surface area (Å²) in [7, 11) is 2.24. The summed E-state index contributed by atoms with van der Waals surface area (Å²) in [6, 6.07) is 6.65. The van der Waals surface area contributed by atoms with Crippen molar-refractivity contribution in [2.45, 2.75) is 333 Å². The van der Waals surface area contributed by atoms with Crippen molar-refractivity contribution in [1.82, 2.24) is 34.3 Å². The molecular weight excluding hydrogens is 1140 g/mol. The van der Waals surface area contributed by atoms with Gasteiger partial charge in [-0.2, -0.15) is 0 Å². The molecule has 0 aromatic heterocycles. The van der Waals surface area contributed by atoms with Crippen LogP contribution >= 0.6 is 0 Å². The Kier molecular flexibility index (Phi) is 36.4. The molecular formula is C79H179N14+7. The molecule has 7 rings (SSSR count). The SMILES string of the molecule is CCN1CC(C)(C)[N+](CC)(CC)C1.CCN1C[N+](CC)(CC)C(C)C1C.CCN1C[N+](CC)(CC)CC1(C)C.CC[N+]1(CC)CN(C(C)C)C(C)(C)C1.CC[N+]1(CC)CN(C(C)C)C(C)C1C.CC[N+]1(CC)CN(C(C)C)CC1(C)C.CC[N+]1(CC)CN(C)C(C)C1C. The van der Waals surface area contributed by atoms with Crippen LogP contribution in [0.3, 0.4) is 0 Å². The van der Waals surface area contributed by atoms with Crippen LogP contribution in [-0.2, 0) is 0 Å². The molecule has 7 aliphatic rings. The first-order valence-corrected chi connectivity index (χ1v) is 40.1. The van der Waals surface area contributed by atoms with Gasteiger partial charge < -0.3 is 31.4 Å². The summed E-state index contributed by atoms with van der Waals surface area (Å²) < 4.78 is 8.91. The summed E-state index contributed by atoms with van der Waals surface area (Å²) in [6.07, 6.45) is 0. The number of rotatable bonds is 20. The second kappa shape index (κ2) is 37.4. The smallest absolute Gasteiger partial charge is 0.135 e. The first kappa shape index (κ1) is 90.5. The minimum Gasteiger partial charge on any atom is -0.310 e. The summed E-state index contributed by atoms with van der Waals surface area (Å²) in [4.78, 5) is 18.2. The summed E-state index contributed by atoms with van der Waals surface area (Å²) >= 11 is 0. The van der Waals surface area contributed by atoms with E-state index in [2.05, 4.69) is 298 Å². The molecule has 0 spiro atoms. The van der Waals surface area contributed by atoms with Crippen molar-refractivity contribution in [3.05, 3.63) is 0 Å². The topological polar surface area (TPSA) is 22.7 Å². The van der Waals surface area contributed by atoms with Crippen molar-refractivity contribution < 1.29 is 31.4 Å². The van der Waals surface area contributed by atoms with E-state index in [4.69, 9.17) is 0 Å². The molecule has 7 saturated heterocycles. The van der Waals surface area contributed by atoms with Crippen LogP contribution in [0, 0.1) is 0 Å².